The quantitative estimate of drug-likeness (QED) is 0.334. The first kappa shape index (κ1) is 25.2. The number of nitrogens with one attached hydrogen (secondary N) is 1. The summed E-state index contributed by atoms with van der Waals surface area (Å²) in [6.45, 7) is 6.80. The number of hydrogen-bond donors (Lipinski definition) is 4. The van der Waals surface area contributed by atoms with Crippen LogP contribution in [0.1, 0.15) is 40.0 Å². The van der Waals surface area contributed by atoms with E-state index in [0.717, 1.165) is 0 Å². The predicted molar refractivity (Wildman–Crippen MR) is 127 cm³/mol. The third kappa shape index (κ3) is 4.27. The minimum absolute atomic E-state index is 0.00414. The summed E-state index contributed by atoms with van der Waals surface area (Å²) in [5, 5.41) is 13.2. The minimum atomic E-state index is -1.11. The zero-order valence-electron chi connectivity index (χ0n) is 19.9. The van der Waals surface area contributed by atoms with Crippen LogP contribution in [0.3, 0.4) is 0 Å². The van der Waals surface area contributed by atoms with Crippen molar-refractivity contribution >= 4 is 35.3 Å². The molecule has 0 bridgehead atoms. The van der Waals surface area contributed by atoms with Crippen LogP contribution in [0.15, 0.2) is 10.6 Å². The van der Waals surface area contributed by atoms with E-state index in [4.69, 9.17) is 11.5 Å². The van der Waals surface area contributed by atoms with E-state index >= 15 is 0 Å². The molecular weight excluding hydrogens is 458 g/mol. The number of carbonyl (C=O) groups excluding carboxylic acids is 3. The maximum atomic E-state index is 13.1. The van der Waals surface area contributed by atoms with Gasteiger partial charge in [-0.3, -0.25) is 9.59 Å². The topological polar surface area (TPSA) is 159 Å². The Morgan fingerprint density at radius 2 is 2.00 bits per heavy atom. The van der Waals surface area contributed by atoms with Crippen LogP contribution in [0.4, 0.5) is 0 Å². The van der Waals surface area contributed by atoms with Gasteiger partial charge in [0.05, 0.1) is 18.0 Å². The molecule has 3 saturated heterocycles. The van der Waals surface area contributed by atoms with Crippen molar-refractivity contribution in [3.8, 4) is 0 Å². The van der Waals surface area contributed by atoms with Gasteiger partial charge in [-0.15, -0.1) is 11.8 Å². The number of hydrogen-bond acceptors (Lipinski definition) is 8. The van der Waals surface area contributed by atoms with E-state index in [1.165, 1.54) is 23.6 Å². The van der Waals surface area contributed by atoms with Gasteiger partial charge in [-0.25, -0.2) is 4.79 Å². The van der Waals surface area contributed by atoms with Gasteiger partial charge < -0.3 is 36.5 Å². The van der Waals surface area contributed by atoms with Crippen LogP contribution in [0, 0.1) is 17.8 Å². The van der Waals surface area contributed by atoms with E-state index in [1.807, 2.05) is 13.8 Å². The summed E-state index contributed by atoms with van der Waals surface area (Å²) in [6, 6.07) is -0.703. The normalized spacial score (nSPS) is 36.0. The van der Waals surface area contributed by atoms with Crippen molar-refractivity contribution in [3.63, 3.8) is 0 Å². The molecule has 4 heterocycles. The van der Waals surface area contributed by atoms with Crippen LogP contribution >= 0.6 is 11.8 Å². The molecule has 0 aromatic carbocycles. The Kier molecular flexibility index (Phi) is 7.10. The van der Waals surface area contributed by atoms with Crippen molar-refractivity contribution in [2.24, 2.45) is 29.2 Å². The highest BCUT2D eigenvalue weighted by Gasteiger charge is 2.60. The van der Waals surface area contributed by atoms with Gasteiger partial charge in [0.25, 0.3) is 0 Å². The number of β-lactam (4-membered cyclic amide) rings is 1. The van der Waals surface area contributed by atoms with E-state index in [1.54, 1.807) is 4.90 Å². The number of Topliss-reactive ketones (excluding diaryl/α,β-unsaturated/α-hetero) is 1. The van der Waals surface area contributed by atoms with E-state index in [9.17, 15) is 24.3 Å². The first-order chi connectivity index (χ1) is 16.0. The highest BCUT2D eigenvalue weighted by atomic mass is 32.2. The van der Waals surface area contributed by atoms with E-state index in [2.05, 4.69) is 5.32 Å². The van der Waals surface area contributed by atoms with Crippen LogP contribution < -0.4 is 16.8 Å². The number of likely N-dealkylation sites (tertiary alicyclic amines) is 1. The predicted octanol–water partition coefficient (Wildman–Crippen LogP) is -0.275. The maximum Gasteiger partial charge on any atom is 0.353 e. The molecule has 10 nitrogen and oxygen atoms in total. The zero-order chi connectivity index (χ0) is 24.9. The van der Waals surface area contributed by atoms with Crippen molar-refractivity contribution in [1.82, 2.24) is 15.1 Å². The molecule has 11 heteroatoms. The molecule has 6 N–H and O–H groups in total. The number of fused-ring (bicyclic) bond motifs is 1. The number of nitrogens with two attached hydrogens (primary N) is 2. The molecular formula is C23H35N5O5S. The summed E-state index contributed by atoms with van der Waals surface area (Å²) >= 11 is 1.46. The number of ketones is 1. The Morgan fingerprint density at radius 3 is 2.62 bits per heavy atom. The van der Waals surface area contributed by atoms with Gasteiger partial charge in [0, 0.05) is 54.2 Å². The Hall–Kier alpha value is -1.95. The molecule has 8 atom stereocenters. The summed E-state index contributed by atoms with van der Waals surface area (Å²) in [4.78, 5) is 53.6. The zero-order valence-corrected chi connectivity index (χ0v) is 20.7. The Morgan fingerprint density at radius 1 is 1.29 bits per heavy atom. The van der Waals surface area contributed by atoms with E-state index < -0.39 is 5.97 Å². The first-order valence-electron chi connectivity index (χ1n) is 12.0. The fourth-order valence-corrected chi connectivity index (χ4v) is 7.63. The van der Waals surface area contributed by atoms with Gasteiger partial charge in [0.1, 0.15) is 11.5 Å². The molecule has 34 heavy (non-hydrogen) atoms. The number of carbonyl (C=O) groups is 4. The third-order valence-electron chi connectivity index (χ3n) is 7.70. The molecule has 4 aliphatic heterocycles. The number of rotatable bonds is 8. The lowest BCUT2D eigenvalue weighted by Gasteiger charge is -2.47. The highest BCUT2D eigenvalue weighted by Crippen LogP contribution is 2.53. The SMILES string of the molecule is CC(=O)C[C@H](C)[C@H]1C(=O)N2C(C(=O)O)=C(SC3CN[C@H](C(=O)N4C[C@@H](N)C[C@H]4CN)C3)[C@H](C)[C@H]12. The summed E-state index contributed by atoms with van der Waals surface area (Å²) in [5.74, 6) is -1.93. The fraction of sp³-hybridized carbons (Fsp3) is 0.739. The van der Waals surface area contributed by atoms with Crippen molar-refractivity contribution in [2.45, 2.75) is 69.5 Å². The molecule has 0 aromatic heterocycles. The molecule has 4 rings (SSSR count). The fourth-order valence-electron chi connectivity index (χ4n) is 6.15. The summed E-state index contributed by atoms with van der Waals surface area (Å²) < 4.78 is 0. The van der Waals surface area contributed by atoms with Gasteiger partial charge in [0.15, 0.2) is 0 Å². The molecule has 0 aliphatic carbocycles. The third-order valence-corrected chi connectivity index (χ3v) is 9.21. The molecule has 188 valence electrons. The van der Waals surface area contributed by atoms with E-state index in [-0.39, 0.29) is 70.5 Å². The molecule has 0 radical (unpaired) electrons. The van der Waals surface area contributed by atoms with Crippen molar-refractivity contribution in [2.75, 3.05) is 19.6 Å². The largest absolute Gasteiger partial charge is 0.477 e. The Balaban J connectivity index is 1.45. The average molecular weight is 494 g/mol. The monoisotopic (exact) mass is 493 g/mol. The molecule has 4 aliphatic rings. The second kappa shape index (κ2) is 9.60. The molecule has 0 aromatic rings. The van der Waals surface area contributed by atoms with Gasteiger partial charge >= 0.3 is 5.97 Å². The van der Waals surface area contributed by atoms with Crippen LogP contribution in [0.25, 0.3) is 0 Å². The van der Waals surface area contributed by atoms with Gasteiger partial charge in [-0.05, 0) is 25.7 Å². The first-order valence-corrected chi connectivity index (χ1v) is 12.9. The lowest BCUT2D eigenvalue weighted by Crippen LogP contribution is -2.62. The van der Waals surface area contributed by atoms with Crippen LogP contribution in [-0.2, 0) is 19.2 Å². The summed E-state index contributed by atoms with van der Waals surface area (Å²) in [7, 11) is 0. The van der Waals surface area contributed by atoms with Gasteiger partial charge in [-0.2, -0.15) is 0 Å². The smallest absolute Gasteiger partial charge is 0.353 e. The number of nitrogens with zero attached hydrogens (tertiary/aromatic N) is 2. The standard InChI is InChI=1S/C23H35N5O5S/c1-10(4-11(2)29)17-18-12(3)20(19(23(32)33)28(18)22(17)31)34-15-6-16(26-8-15)21(30)27-9-13(25)5-14(27)7-24/h10,12-18,26H,4-9,24-25H2,1-3H3,(H,32,33)/t10-,12+,13-,14-,15?,16-,17+,18+/m0/s1. The lowest BCUT2D eigenvalue weighted by molar-refractivity contribution is -0.160. The molecule has 1 unspecified atom stereocenters. The number of carboxylic acid groups (broad SMARTS) is 1. The lowest BCUT2D eigenvalue weighted by atomic mass is 9.73. The second-order valence-corrected chi connectivity index (χ2v) is 11.6. The number of thioether (sulfide) groups is 1. The van der Waals surface area contributed by atoms with E-state index in [0.29, 0.717) is 43.8 Å². The maximum absolute atomic E-state index is 13.1. The number of amides is 2. The Bertz CT molecular complexity index is 925. The minimum Gasteiger partial charge on any atom is -0.477 e. The molecule has 3 fully saturated rings. The van der Waals surface area contributed by atoms with Crippen molar-refractivity contribution in [3.05, 3.63) is 10.6 Å². The van der Waals surface area contributed by atoms with Crippen LogP contribution in [0.5, 0.6) is 0 Å². The highest BCUT2D eigenvalue weighted by molar-refractivity contribution is 8.03. The second-order valence-electron chi connectivity index (χ2n) is 10.2. The van der Waals surface area contributed by atoms with Crippen molar-refractivity contribution in [1.29, 1.82) is 0 Å². The number of aliphatic carboxylic acids is 1. The molecule has 0 spiro atoms. The van der Waals surface area contributed by atoms with Gasteiger partial charge in [-0.1, -0.05) is 13.8 Å². The summed E-state index contributed by atoms with van der Waals surface area (Å²) in [5.41, 5.74) is 11.9. The average Bonchev–Trinajstić information content (AvgIpc) is 3.43. The van der Waals surface area contributed by atoms with Crippen LogP contribution in [-0.4, -0.2) is 87.5 Å². The Labute approximate surface area is 203 Å². The number of carboxylic acids is 1. The molecule has 2 amide bonds. The van der Waals surface area contributed by atoms with Gasteiger partial charge in [0.2, 0.25) is 11.8 Å². The molecule has 0 saturated carbocycles. The summed E-state index contributed by atoms with van der Waals surface area (Å²) in [6.07, 6.45) is 1.57. The van der Waals surface area contributed by atoms with Crippen molar-refractivity contribution < 1.29 is 24.3 Å². The van der Waals surface area contributed by atoms with Crippen LogP contribution in [0.2, 0.25) is 0 Å².